The molecule has 0 aliphatic rings. The molecular formula is C28H33ClO5. The number of hydrogen-bond donors (Lipinski definition) is 0. The lowest BCUT2D eigenvalue weighted by atomic mass is 9.97. The quantitative estimate of drug-likeness (QED) is 0.184. The SMILES string of the molecule is CCOC(=O)c1c(CC(=O)c2ccc(Cl)cc2)cc(OC)cc1OC/C=C(\C)CCC=C(C)C. The van der Waals surface area contributed by atoms with E-state index in [1.54, 1.807) is 43.3 Å². The Labute approximate surface area is 207 Å². The van der Waals surface area contributed by atoms with E-state index in [2.05, 4.69) is 26.8 Å². The third-order valence-corrected chi connectivity index (χ3v) is 5.40. The van der Waals surface area contributed by atoms with E-state index in [0.717, 1.165) is 12.8 Å². The number of benzene rings is 2. The van der Waals surface area contributed by atoms with Crippen molar-refractivity contribution in [2.75, 3.05) is 20.3 Å². The first-order valence-electron chi connectivity index (χ1n) is 11.3. The second-order valence-electron chi connectivity index (χ2n) is 8.17. The highest BCUT2D eigenvalue weighted by molar-refractivity contribution is 6.30. The Hall–Kier alpha value is -3.05. The number of rotatable bonds is 12. The van der Waals surface area contributed by atoms with E-state index < -0.39 is 5.97 Å². The Kier molecular flexibility index (Phi) is 10.9. The normalized spacial score (nSPS) is 11.1. The predicted molar refractivity (Wildman–Crippen MR) is 136 cm³/mol. The molecule has 2 aromatic carbocycles. The number of ether oxygens (including phenoxy) is 3. The summed E-state index contributed by atoms with van der Waals surface area (Å²) in [4.78, 5) is 25.8. The first-order valence-corrected chi connectivity index (χ1v) is 11.7. The Bertz CT molecular complexity index is 1050. The molecule has 0 atom stereocenters. The summed E-state index contributed by atoms with van der Waals surface area (Å²) in [7, 11) is 1.53. The minimum Gasteiger partial charge on any atom is -0.497 e. The number of methoxy groups -OCH3 is 1. The summed E-state index contributed by atoms with van der Waals surface area (Å²) in [5.74, 6) is 0.121. The van der Waals surface area contributed by atoms with Crippen LogP contribution in [-0.4, -0.2) is 32.1 Å². The van der Waals surface area contributed by atoms with Gasteiger partial charge in [-0.25, -0.2) is 4.79 Å². The highest BCUT2D eigenvalue weighted by Gasteiger charge is 2.23. The zero-order chi connectivity index (χ0) is 25.1. The molecule has 0 fully saturated rings. The number of ketones is 1. The Morgan fingerprint density at radius 3 is 2.35 bits per heavy atom. The van der Waals surface area contributed by atoms with E-state index in [-0.39, 0.29) is 31.0 Å². The van der Waals surface area contributed by atoms with Gasteiger partial charge in [0.1, 0.15) is 23.7 Å². The number of carbonyl (C=O) groups excluding carboxylic acids is 2. The van der Waals surface area contributed by atoms with Crippen LogP contribution >= 0.6 is 11.6 Å². The van der Waals surface area contributed by atoms with Gasteiger partial charge in [0, 0.05) is 23.1 Å². The van der Waals surface area contributed by atoms with Crippen molar-refractivity contribution in [2.45, 2.75) is 47.0 Å². The average molecular weight is 485 g/mol. The third kappa shape index (κ3) is 8.38. The van der Waals surface area contributed by atoms with Crippen molar-refractivity contribution in [1.82, 2.24) is 0 Å². The van der Waals surface area contributed by atoms with Crippen molar-refractivity contribution in [1.29, 1.82) is 0 Å². The fourth-order valence-corrected chi connectivity index (χ4v) is 3.45. The second kappa shape index (κ2) is 13.6. The molecule has 6 heteroatoms. The lowest BCUT2D eigenvalue weighted by Gasteiger charge is -2.16. The van der Waals surface area contributed by atoms with E-state index in [0.29, 0.717) is 27.6 Å². The molecule has 0 unspecified atom stereocenters. The molecule has 0 saturated heterocycles. The van der Waals surface area contributed by atoms with Crippen LogP contribution in [0.15, 0.2) is 59.7 Å². The molecule has 5 nitrogen and oxygen atoms in total. The standard InChI is InChI=1S/C28H33ClO5/c1-6-33-28(31)27-22(17-25(30)21-10-12-23(29)13-11-21)16-24(32-5)18-26(27)34-15-14-20(4)9-7-8-19(2)3/h8,10-14,16,18H,6-7,9,15,17H2,1-5H3/b20-14+. The van der Waals surface area contributed by atoms with Crippen LogP contribution in [-0.2, 0) is 11.2 Å². The molecule has 0 bridgehead atoms. The first-order chi connectivity index (χ1) is 16.2. The minimum atomic E-state index is -0.539. The van der Waals surface area contributed by atoms with Crippen LogP contribution in [0.2, 0.25) is 5.02 Å². The van der Waals surface area contributed by atoms with Crippen molar-refractivity contribution in [3.05, 3.63) is 81.4 Å². The van der Waals surface area contributed by atoms with Crippen LogP contribution in [0.5, 0.6) is 11.5 Å². The van der Waals surface area contributed by atoms with E-state index in [1.165, 1.54) is 18.3 Å². The van der Waals surface area contributed by atoms with Crippen molar-refractivity contribution in [2.24, 2.45) is 0 Å². The summed E-state index contributed by atoms with van der Waals surface area (Å²) in [6.07, 6.45) is 6.07. The van der Waals surface area contributed by atoms with Gasteiger partial charge in [0.25, 0.3) is 0 Å². The van der Waals surface area contributed by atoms with E-state index in [4.69, 9.17) is 25.8 Å². The molecule has 182 valence electrons. The van der Waals surface area contributed by atoms with Gasteiger partial charge in [-0.2, -0.15) is 0 Å². The smallest absolute Gasteiger partial charge is 0.342 e. The number of carbonyl (C=O) groups is 2. The molecule has 0 radical (unpaired) electrons. The zero-order valence-electron chi connectivity index (χ0n) is 20.6. The summed E-state index contributed by atoms with van der Waals surface area (Å²) >= 11 is 5.94. The molecule has 0 aliphatic carbocycles. The van der Waals surface area contributed by atoms with Gasteiger partial charge >= 0.3 is 5.97 Å². The largest absolute Gasteiger partial charge is 0.497 e. The molecule has 0 spiro atoms. The fraction of sp³-hybridized carbons (Fsp3) is 0.357. The van der Waals surface area contributed by atoms with Crippen molar-refractivity contribution in [3.8, 4) is 11.5 Å². The van der Waals surface area contributed by atoms with Crippen LogP contribution in [0, 0.1) is 0 Å². The summed E-state index contributed by atoms with van der Waals surface area (Å²) < 4.78 is 16.7. The molecule has 2 aromatic rings. The van der Waals surface area contributed by atoms with E-state index >= 15 is 0 Å². The Balaban J connectivity index is 2.33. The topological polar surface area (TPSA) is 61.8 Å². The molecule has 0 aromatic heterocycles. The van der Waals surface area contributed by atoms with E-state index in [9.17, 15) is 9.59 Å². The monoisotopic (exact) mass is 484 g/mol. The van der Waals surface area contributed by atoms with Crippen molar-refractivity contribution >= 4 is 23.4 Å². The van der Waals surface area contributed by atoms with Crippen LogP contribution in [0.1, 0.15) is 66.8 Å². The van der Waals surface area contributed by atoms with E-state index in [1.807, 2.05) is 6.08 Å². The van der Waals surface area contributed by atoms with Gasteiger partial charge < -0.3 is 14.2 Å². The maximum Gasteiger partial charge on any atom is 0.342 e. The Morgan fingerprint density at radius 1 is 1.03 bits per heavy atom. The highest BCUT2D eigenvalue weighted by atomic mass is 35.5. The summed E-state index contributed by atoms with van der Waals surface area (Å²) in [6.45, 7) is 8.44. The van der Waals surface area contributed by atoms with Gasteiger partial charge in [0.15, 0.2) is 5.78 Å². The summed E-state index contributed by atoms with van der Waals surface area (Å²) in [5.41, 5.74) is 3.70. The number of hydrogen-bond acceptors (Lipinski definition) is 5. The number of allylic oxidation sites excluding steroid dienone is 3. The highest BCUT2D eigenvalue weighted by Crippen LogP contribution is 2.31. The van der Waals surface area contributed by atoms with Crippen LogP contribution in [0.3, 0.4) is 0 Å². The molecule has 0 heterocycles. The Morgan fingerprint density at radius 2 is 1.74 bits per heavy atom. The van der Waals surface area contributed by atoms with Crippen LogP contribution < -0.4 is 9.47 Å². The predicted octanol–water partition coefficient (Wildman–Crippen LogP) is 7.02. The van der Waals surface area contributed by atoms with Gasteiger partial charge in [-0.3, -0.25) is 4.79 Å². The molecule has 34 heavy (non-hydrogen) atoms. The summed E-state index contributed by atoms with van der Waals surface area (Å²) in [5, 5.41) is 0.546. The number of esters is 1. The number of halogens is 1. The van der Waals surface area contributed by atoms with Gasteiger partial charge in [-0.1, -0.05) is 28.8 Å². The molecular weight excluding hydrogens is 452 g/mol. The second-order valence-corrected chi connectivity index (χ2v) is 8.61. The molecule has 0 N–H and O–H groups in total. The van der Waals surface area contributed by atoms with Gasteiger partial charge in [-0.15, -0.1) is 0 Å². The fourth-order valence-electron chi connectivity index (χ4n) is 3.33. The molecule has 0 aliphatic heterocycles. The maximum atomic E-state index is 12.9. The number of Topliss-reactive ketones (excluding diaryl/α,β-unsaturated/α-hetero) is 1. The van der Waals surface area contributed by atoms with Gasteiger partial charge in [0.2, 0.25) is 0 Å². The van der Waals surface area contributed by atoms with Crippen molar-refractivity contribution < 1.29 is 23.8 Å². The average Bonchev–Trinajstić information content (AvgIpc) is 2.79. The zero-order valence-corrected chi connectivity index (χ0v) is 21.3. The van der Waals surface area contributed by atoms with Gasteiger partial charge in [0.05, 0.1) is 13.7 Å². The lowest BCUT2D eigenvalue weighted by molar-refractivity contribution is 0.0521. The van der Waals surface area contributed by atoms with Crippen molar-refractivity contribution in [3.63, 3.8) is 0 Å². The summed E-state index contributed by atoms with van der Waals surface area (Å²) in [6, 6.07) is 9.97. The van der Waals surface area contributed by atoms with Crippen LogP contribution in [0.4, 0.5) is 0 Å². The molecule has 0 amide bonds. The van der Waals surface area contributed by atoms with Crippen LogP contribution in [0.25, 0.3) is 0 Å². The lowest BCUT2D eigenvalue weighted by Crippen LogP contribution is -2.14. The molecule has 2 rings (SSSR count). The first kappa shape index (κ1) is 27.2. The minimum absolute atomic E-state index is 0.0130. The van der Waals surface area contributed by atoms with Gasteiger partial charge in [-0.05, 0) is 82.5 Å². The maximum absolute atomic E-state index is 12.9. The molecule has 0 saturated carbocycles. The third-order valence-electron chi connectivity index (χ3n) is 5.15.